The quantitative estimate of drug-likeness (QED) is 0.522. The Morgan fingerprint density at radius 3 is 2.94 bits per heavy atom. The summed E-state index contributed by atoms with van der Waals surface area (Å²) >= 11 is 0. The zero-order chi connectivity index (χ0) is 21.7. The molecule has 0 saturated heterocycles. The van der Waals surface area contributed by atoms with Crippen molar-refractivity contribution < 1.29 is 9.59 Å². The van der Waals surface area contributed by atoms with E-state index in [1.165, 1.54) is 0 Å². The summed E-state index contributed by atoms with van der Waals surface area (Å²) in [5.74, 6) is 1.33. The SMILES string of the molecule is O=C(Nc1cc2n(n1)CCN(C(=O)c1cc3ccccc3[nH]1)C2)C1CCn2ccnc2C1. The highest BCUT2D eigenvalue weighted by Gasteiger charge is 2.28. The van der Waals surface area contributed by atoms with Crippen molar-refractivity contribution in [1.82, 2.24) is 29.2 Å². The number of benzene rings is 1. The standard InChI is InChI=1S/C23H23N7O2/c31-22(16-5-7-28-8-6-24-21(28)12-16)26-20-13-17-14-29(9-10-30(17)27-20)23(32)19-11-15-3-1-2-4-18(15)25-19/h1-4,6,8,11,13,16,25H,5,7,9-10,12,14H2,(H,26,27,31). The molecule has 3 aromatic heterocycles. The molecule has 0 radical (unpaired) electrons. The summed E-state index contributed by atoms with van der Waals surface area (Å²) in [6.07, 6.45) is 5.16. The van der Waals surface area contributed by atoms with Crippen LogP contribution in [0, 0.1) is 5.92 Å². The molecule has 0 fully saturated rings. The lowest BCUT2D eigenvalue weighted by molar-refractivity contribution is -0.120. The molecule has 2 amide bonds. The molecule has 9 nitrogen and oxygen atoms in total. The molecule has 2 aliphatic rings. The molecule has 1 atom stereocenters. The minimum Gasteiger partial charge on any atom is -0.351 e. The molecule has 9 heteroatoms. The van der Waals surface area contributed by atoms with Crippen molar-refractivity contribution in [2.75, 3.05) is 11.9 Å². The Bertz CT molecular complexity index is 1300. The lowest BCUT2D eigenvalue weighted by atomic mass is 9.97. The average Bonchev–Trinajstić information content (AvgIpc) is 3.54. The summed E-state index contributed by atoms with van der Waals surface area (Å²) < 4.78 is 3.97. The maximum absolute atomic E-state index is 13.0. The van der Waals surface area contributed by atoms with Crippen LogP contribution in [0.3, 0.4) is 0 Å². The first kappa shape index (κ1) is 18.9. The van der Waals surface area contributed by atoms with Gasteiger partial charge in [-0.1, -0.05) is 18.2 Å². The lowest BCUT2D eigenvalue weighted by Gasteiger charge is -2.27. The van der Waals surface area contributed by atoms with E-state index in [0.717, 1.165) is 35.4 Å². The van der Waals surface area contributed by atoms with Crippen LogP contribution in [0.5, 0.6) is 0 Å². The molecule has 32 heavy (non-hydrogen) atoms. The zero-order valence-corrected chi connectivity index (χ0v) is 17.5. The first-order valence-electron chi connectivity index (χ1n) is 10.9. The van der Waals surface area contributed by atoms with Crippen molar-refractivity contribution >= 4 is 28.5 Å². The number of rotatable bonds is 3. The van der Waals surface area contributed by atoms with Gasteiger partial charge in [-0.05, 0) is 18.6 Å². The van der Waals surface area contributed by atoms with Crippen molar-refractivity contribution in [3.05, 3.63) is 66.0 Å². The van der Waals surface area contributed by atoms with E-state index in [9.17, 15) is 9.59 Å². The Kier molecular flexibility index (Phi) is 4.34. The molecular weight excluding hydrogens is 406 g/mol. The van der Waals surface area contributed by atoms with Crippen molar-refractivity contribution in [2.45, 2.75) is 32.5 Å². The van der Waals surface area contributed by atoms with Gasteiger partial charge in [-0.2, -0.15) is 5.10 Å². The number of carbonyl (C=O) groups is 2. The molecule has 5 heterocycles. The fraction of sp³-hybridized carbons (Fsp3) is 0.304. The Morgan fingerprint density at radius 1 is 1.12 bits per heavy atom. The Morgan fingerprint density at radius 2 is 2.03 bits per heavy atom. The fourth-order valence-corrected chi connectivity index (χ4v) is 4.66. The summed E-state index contributed by atoms with van der Waals surface area (Å²) in [6, 6.07) is 11.6. The normalized spacial score (nSPS) is 17.8. The maximum atomic E-state index is 13.0. The number of amides is 2. The van der Waals surface area contributed by atoms with E-state index in [4.69, 9.17) is 0 Å². The van der Waals surface area contributed by atoms with E-state index < -0.39 is 0 Å². The smallest absolute Gasteiger partial charge is 0.270 e. The van der Waals surface area contributed by atoms with Crippen LogP contribution in [-0.4, -0.2) is 47.6 Å². The van der Waals surface area contributed by atoms with Crippen LogP contribution in [0.2, 0.25) is 0 Å². The van der Waals surface area contributed by atoms with Gasteiger partial charge in [-0.25, -0.2) is 4.98 Å². The number of nitrogens with zero attached hydrogens (tertiary/aromatic N) is 5. The highest BCUT2D eigenvalue weighted by atomic mass is 16.2. The van der Waals surface area contributed by atoms with Gasteiger partial charge in [0.05, 0.1) is 18.8 Å². The van der Waals surface area contributed by atoms with Crippen LogP contribution in [0.1, 0.15) is 28.4 Å². The van der Waals surface area contributed by atoms with Crippen LogP contribution < -0.4 is 5.32 Å². The van der Waals surface area contributed by atoms with Crippen molar-refractivity contribution in [3.63, 3.8) is 0 Å². The van der Waals surface area contributed by atoms with Gasteiger partial charge >= 0.3 is 0 Å². The van der Waals surface area contributed by atoms with E-state index >= 15 is 0 Å². The number of nitrogens with one attached hydrogen (secondary N) is 2. The van der Waals surface area contributed by atoms with Crippen LogP contribution in [0.15, 0.2) is 48.8 Å². The highest BCUT2D eigenvalue weighted by molar-refractivity contribution is 5.98. The fourth-order valence-electron chi connectivity index (χ4n) is 4.66. The molecule has 2 aliphatic heterocycles. The number of hydrogen-bond acceptors (Lipinski definition) is 4. The minimum absolute atomic E-state index is 0.0271. The van der Waals surface area contributed by atoms with Crippen molar-refractivity contribution in [2.24, 2.45) is 5.92 Å². The van der Waals surface area contributed by atoms with Gasteiger partial charge in [-0.15, -0.1) is 0 Å². The predicted molar refractivity (Wildman–Crippen MR) is 118 cm³/mol. The minimum atomic E-state index is -0.108. The molecule has 2 N–H and O–H groups in total. The van der Waals surface area contributed by atoms with Crippen molar-refractivity contribution in [3.8, 4) is 0 Å². The summed E-state index contributed by atoms with van der Waals surface area (Å²) in [5.41, 5.74) is 2.45. The second-order valence-corrected chi connectivity index (χ2v) is 8.46. The molecule has 0 bridgehead atoms. The van der Waals surface area contributed by atoms with E-state index in [1.54, 1.807) is 6.20 Å². The highest BCUT2D eigenvalue weighted by Crippen LogP contribution is 2.23. The number of hydrogen-bond donors (Lipinski definition) is 2. The molecule has 0 spiro atoms. The topological polar surface area (TPSA) is 101 Å². The van der Waals surface area contributed by atoms with E-state index in [2.05, 4.69) is 25.0 Å². The van der Waals surface area contributed by atoms with E-state index in [1.807, 2.05) is 52.2 Å². The summed E-state index contributed by atoms with van der Waals surface area (Å²) in [5, 5.41) is 8.53. The second-order valence-electron chi connectivity index (χ2n) is 8.46. The molecular formula is C23H23N7O2. The average molecular weight is 429 g/mol. The number of aryl methyl sites for hydroxylation is 1. The largest absolute Gasteiger partial charge is 0.351 e. The first-order valence-corrected chi connectivity index (χ1v) is 10.9. The number of aromatic nitrogens is 5. The van der Waals surface area contributed by atoms with E-state index in [0.29, 0.717) is 37.6 Å². The van der Waals surface area contributed by atoms with Gasteiger partial charge < -0.3 is 19.8 Å². The van der Waals surface area contributed by atoms with Crippen LogP contribution in [0.25, 0.3) is 10.9 Å². The van der Waals surface area contributed by atoms with Gasteiger partial charge in [0, 0.05) is 54.8 Å². The number of imidazole rings is 1. The van der Waals surface area contributed by atoms with Gasteiger partial charge in [0.1, 0.15) is 11.5 Å². The number of carbonyl (C=O) groups excluding carboxylic acids is 2. The lowest BCUT2D eigenvalue weighted by Crippen LogP contribution is -2.38. The third-order valence-corrected chi connectivity index (χ3v) is 6.42. The molecule has 0 aliphatic carbocycles. The second kappa shape index (κ2) is 7.37. The van der Waals surface area contributed by atoms with Crippen LogP contribution >= 0.6 is 0 Å². The Balaban J connectivity index is 1.14. The predicted octanol–water partition coefficient (Wildman–Crippen LogP) is 2.42. The Labute approximate surface area is 184 Å². The van der Waals surface area contributed by atoms with Crippen LogP contribution in [0.4, 0.5) is 5.82 Å². The van der Waals surface area contributed by atoms with Crippen molar-refractivity contribution in [1.29, 1.82) is 0 Å². The maximum Gasteiger partial charge on any atom is 0.270 e. The van der Waals surface area contributed by atoms with Gasteiger partial charge in [0.2, 0.25) is 5.91 Å². The molecule has 4 aromatic rings. The van der Waals surface area contributed by atoms with Crippen LogP contribution in [-0.2, 0) is 30.8 Å². The summed E-state index contributed by atoms with van der Waals surface area (Å²) in [4.78, 5) is 35.2. The number of H-pyrrole nitrogens is 1. The van der Waals surface area contributed by atoms with E-state index in [-0.39, 0.29) is 17.7 Å². The third-order valence-electron chi connectivity index (χ3n) is 6.42. The third kappa shape index (κ3) is 3.26. The summed E-state index contributed by atoms with van der Waals surface area (Å²) in [7, 11) is 0. The zero-order valence-electron chi connectivity index (χ0n) is 17.5. The number of aromatic amines is 1. The molecule has 1 aromatic carbocycles. The first-order chi connectivity index (χ1) is 15.6. The monoisotopic (exact) mass is 429 g/mol. The summed E-state index contributed by atoms with van der Waals surface area (Å²) in [6.45, 7) is 2.43. The number of anilines is 1. The molecule has 6 rings (SSSR count). The van der Waals surface area contributed by atoms with Gasteiger partial charge in [-0.3, -0.25) is 14.3 Å². The number of fused-ring (bicyclic) bond motifs is 3. The van der Waals surface area contributed by atoms with Gasteiger partial charge in [0.25, 0.3) is 5.91 Å². The molecule has 162 valence electrons. The Hall–Kier alpha value is -3.88. The molecule has 1 unspecified atom stereocenters. The number of para-hydroxylation sites is 1. The van der Waals surface area contributed by atoms with Gasteiger partial charge in [0.15, 0.2) is 5.82 Å². The molecule has 0 saturated carbocycles.